The number of aliphatic hydroxyl groups is 1. The average molecular weight is 318 g/mol. The predicted molar refractivity (Wildman–Crippen MR) is 87.0 cm³/mol. The summed E-state index contributed by atoms with van der Waals surface area (Å²) in [5, 5.41) is 9.71. The van der Waals surface area contributed by atoms with E-state index in [0.29, 0.717) is 19.0 Å². The van der Waals surface area contributed by atoms with Gasteiger partial charge in [0.2, 0.25) is 5.91 Å². The van der Waals surface area contributed by atoms with Crippen molar-refractivity contribution in [2.45, 2.75) is 44.6 Å². The first-order valence-electron chi connectivity index (χ1n) is 8.58. The highest BCUT2D eigenvalue weighted by Crippen LogP contribution is 2.28. The smallest absolute Gasteiger partial charge is 0.236 e. The SMILES string of the molecule is Cc1cncnc1C1CCN(C(=O)CN2CCCC(O)C2)CC1. The highest BCUT2D eigenvalue weighted by molar-refractivity contribution is 5.78. The second-order valence-corrected chi connectivity index (χ2v) is 6.78. The summed E-state index contributed by atoms with van der Waals surface area (Å²) < 4.78 is 0. The van der Waals surface area contributed by atoms with Crippen molar-refractivity contribution in [1.82, 2.24) is 19.8 Å². The predicted octanol–water partition coefficient (Wildman–Crippen LogP) is 0.948. The normalized spacial score (nSPS) is 23.9. The van der Waals surface area contributed by atoms with Gasteiger partial charge in [0.1, 0.15) is 6.33 Å². The minimum absolute atomic E-state index is 0.192. The lowest BCUT2D eigenvalue weighted by Crippen LogP contribution is -2.47. The summed E-state index contributed by atoms with van der Waals surface area (Å²) in [5.74, 6) is 0.621. The lowest BCUT2D eigenvalue weighted by Gasteiger charge is -2.35. The number of rotatable bonds is 3. The average Bonchev–Trinajstić information content (AvgIpc) is 2.55. The molecule has 1 aromatic heterocycles. The number of likely N-dealkylation sites (tertiary alicyclic amines) is 2. The molecule has 0 aliphatic carbocycles. The zero-order valence-electron chi connectivity index (χ0n) is 13.8. The molecule has 1 amide bonds. The molecule has 3 heterocycles. The van der Waals surface area contributed by atoms with E-state index in [1.807, 2.05) is 11.1 Å². The van der Waals surface area contributed by atoms with E-state index in [9.17, 15) is 9.90 Å². The number of hydrogen-bond acceptors (Lipinski definition) is 5. The fraction of sp³-hybridized carbons (Fsp3) is 0.706. The van der Waals surface area contributed by atoms with Crippen molar-refractivity contribution in [3.8, 4) is 0 Å². The quantitative estimate of drug-likeness (QED) is 0.898. The van der Waals surface area contributed by atoms with Gasteiger partial charge < -0.3 is 10.0 Å². The number of piperidine rings is 2. The van der Waals surface area contributed by atoms with Gasteiger partial charge in [-0.15, -0.1) is 0 Å². The summed E-state index contributed by atoms with van der Waals surface area (Å²) in [7, 11) is 0. The topological polar surface area (TPSA) is 69.6 Å². The molecule has 126 valence electrons. The summed E-state index contributed by atoms with van der Waals surface area (Å²) in [6, 6.07) is 0. The zero-order valence-corrected chi connectivity index (χ0v) is 13.8. The summed E-state index contributed by atoms with van der Waals surface area (Å²) in [6.45, 7) is 5.62. The van der Waals surface area contributed by atoms with Gasteiger partial charge in [-0.3, -0.25) is 9.69 Å². The fourth-order valence-electron chi connectivity index (χ4n) is 3.70. The molecule has 0 saturated carbocycles. The zero-order chi connectivity index (χ0) is 16.2. The van der Waals surface area contributed by atoms with Gasteiger partial charge >= 0.3 is 0 Å². The Bertz CT molecular complexity index is 543. The molecule has 0 spiro atoms. The van der Waals surface area contributed by atoms with Crippen LogP contribution in [0.15, 0.2) is 12.5 Å². The van der Waals surface area contributed by atoms with Crippen LogP contribution in [0, 0.1) is 6.92 Å². The molecular formula is C17H26N4O2. The van der Waals surface area contributed by atoms with Gasteiger partial charge in [0.25, 0.3) is 0 Å². The minimum atomic E-state index is -0.275. The van der Waals surface area contributed by atoms with Crippen molar-refractivity contribution in [3.63, 3.8) is 0 Å². The number of aliphatic hydroxyl groups excluding tert-OH is 1. The number of amides is 1. The Hall–Kier alpha value is -1.53. The van der Waals surface area contributed by atoms with Crippen molar-refractivity contribution in [1.29, 1.82) is 0 Å². The molecule has 0 bridgehead atoms. The van der Waals surface area contributed by atoms with Crippen molar-refractivity contribution in [3.05, 3.63) is 23.8 Å². The molecule has 0 radical (unpaired) electrons. The third-order valence-electron chi connectivity index (χ3n) is 5.01. The van der Waals surface area contributed by atoms with Gasteiger partial charge in [-0.2, -0.15) is 0 Å². The van der Waals surface area contributed by atoms with Crippen LogP contribution in [-0.2, 0) is 4.79 Å². The van der Waals surface area contributed by atoms with E-state index in [-0.39, 0.29) is 12.0 Å². The first kappa shape index (κ1) is 16.3. The maximum absolute atomic E-state index is 12.5. The molecule has 1 aromatic rings. The van der Waals surface area contributed by atoms with E-state index < -0.39 is 0 Å². The number of carbonyl (C=O) groups excluding carboxylic acids is 1. The van der Waals surface area contributed by atoms with Crippen molar-refractivity contribution >= 4 is 5.91 Å². The number of aromatic nitrogens is 2. The van der Waals surface area contributed by atoms with Crippen LogP contribution in [0.25, 0.3) is 0 Å². The second-order valence-electron chi connectivity index (χ2n) is 6.78. The van der Waals surface area contributed by atoms with E-state index in [1.165, 1.54) is 0 Å². The Balaban J connectivity index is 1.50. The van der Waals surface area contributed by atoms with Gasteiger partial charge in [-0.05, 0) is 44.7 Å². The molecule has 1 N–H and O–H groups in total. The van der Waals surface area contributed by atoms with Crippen molar-refractivity contribution in [2.24, 2.45) is 0 Å². The Kier molecular flexibility index (Phi) is 5.23. The van der Waals surface area contributed by atoms with Crippen LogP contribution in [0.3, 0.4) is 0 Å². The van der Waals surface area contributed by atoms with Crippen LogP contribution < -0.4 is 0 Å². The first-order chi connectivity index (χ1) is 11.1. The number of nitrogens with zero attached hydrogens (tertiary/aromatic N) is 4. The summed E-state index contributed by atoms with van der Waals surface area (Å²) in [6.07, 6.45) is 6.96. The number of carbonyl (C=O) groups is 1. The molecule has 2 aliphatic heterocycles. The Morgan fingerprint density at radius 1 is 1.30 bits per heavy atom. The van der Waals surface area contributed by atoms with E-state index in [1.54, 1.807) is 6.33 Å². The van der Waals surface area contributed by atoms with E-state index in [0.717, 1.165) is 56.6 Å². The number of β-amino-alcohol motifs (C(OH)–C–C–N with tert-alkyl or cyclic N) is 1. The number of hydrogen-bond donors (Lipinski definition) is 1. The standard InChI is InChI=1S/C17H26N4O2/c1-13-9-18-12-19-17(13)14-4-7-21(8-5-14)16(23)11-20-6-2-3-15(22)10-20/h9,12,14-15,22H,2-8,10-11H2,1H3. The molecule has 2 saturated heterocycles. The lowest BCUT2D eigenvalue weighted by molar-refractivity contribution is -0.134. The Morgan fingerprint density at radius 2 is 2.09 bits per heavy atom. The van der Waals surface area contributed by atoms with E-state index in [2.05, 4.69) is 21.8 Å². The fourth-order valence-corrected chi connectivity index (χ4v) is 3.70. The lowest BCUT2D eigenvalue weighted by atomic mass is 9.91. The number of aryl methyl sites for hydroxylation is 1. The van der Waals surface area contributed by atoms with Gasteiger partial charge in [-0.25, -0.2) is 9.97 Å². The van der Waals surface area contributed by atoms with Gasteiger partial charge in [0.15, 0.2) is 0 Å². The molecule has 2 aliphatic rings. The van der Waals surface area contributed by atoms with Crippen molar-refractivity contribution < 1.29 is 9.90 Å². The maximum Gasteiger partial charge on any atom is 0.236 e. The van der Waals surface area contributed by atoms with Crippen LogP contribution >= 0.6 is 0 Å². The molecule has 1 atom stereocenters. The summed E-state index contributed by atoms with van der Waals surface area (Å²) in [5.41, 5.74) is 2.27. The van der Waals surface area contributed by atoms with Crippen LogP contribution in [0.1, 0.15) is 42.9 Å². The Labute approximate surface area is 137 Å². The van der Waals surface area contributed by atoms with Crippen LogP contribution in [0.4, 0.5) is 0 Å². The molecule has 6 nitrogen and oxygen atoms in total. The summed E-state index contributed by atoms with van der Waals surface area (Å²) in [4.78, 5) is 25.0. The minimum Gasteiger partial charge on any atom is -0.392 e. The van der Waals surface area contributed by atoms with Crippen LogP contribution in [0.2, 0.25) is 0 Å². The van der Waals surface area contributed by atoms with Gasteiger partial charge in [0, 0.05) is 37.4 Å². The maximum atomic E-state index is 12.5. The third kappa shape index (κ3) is 4.06. The third-order valence-corrected chi connectivity index (χ3v) is 5.01. The first-order valence-corrected chi connectivity index (χ1v) is 8.58. The van der Waals surface area contributed by atoms with Gasteiger partial charge in [0.05, 0.1) is 12.6 Å². The largest absolute Gasteiger partial charge is 0.392 e. The van der Waals surface area contributed by atoms with Crippen LogP contribution in [-0.4, -0.2) is 69.6 Å². The van der Waals surface area contributed by atoms with Gasteiger partial charge in [-0.1, -0.05) is 0 Å². The van der Waals surface area contributed by atoms with Crippen molar-refractivity contribution in [2.75, 3.05) is 32.7 Å². The highest BCUT2D eigenvalue weighted by Gasteiger charge is 2.27. The molecule has 23 heavy (non-hydrogen) atoms. The van der Waals surface area contributed by atoms with Crippen LogP contribution in [0.5, 0.6) is 0 Å². The Morgan fingerprint density at radius 3 is 2.78 bits per heavy atom. The molecule has 3 rings (SSSR count). The molecule has 6 heteroatoms. The molecule has 2 fully saturated rings. The second kappa shape index (κ2) is 7.36. The molecule has 0 aromatic carbocycles. The molecular weight excluding hydrogens is 292 g/mol. The summed E-state index contributed by atoms with van der Waals surface area (Å²) >= 11 is 0. The van der Waals surface area contributed by atoms with E-state index in [4.69, 9.17) is 0 Å². The monoisotopic (exact) mass is 318 g/mol. The van der Waals surface area contributed by atoms with E-state index >= 15 is 0 Å². The molecule has 1 unspecified atom stereocenters. The highest BCUT2D eigenvalue weighted by atomic mass is 16.3.